The molecule has 0 saturated heterocycles. The molecule has 0 radical (unpaired) electrons. The Labute approximate surface area is 126 Å². The molecule has 1 N–H and O–H groups in total. The van der Waals surface area contributed by atoms with Gasteiger partial charge in [-0.15, -0.1) is 0 Å². The molecule has 5 heteroatoms. The lowest BCUT2D eigenvalue weighted by Gasteiger charge is -2.17. The van der Waals surface area contributed by atoms with Crippen LogP contribution in [0.1, 0.15) is 25.8 Å². The van der Waals surface area contributed by atoms with E-state index in [1.54, 1.807) is 0 Å². The van der Waals surface area contributed by atoms with E-state index in [0.29, 0.717) is 10.8 Å². The maximum absolute atomic E-state index is 6.15. The standard InChI is InChI=1S/C15H23ClN2O2/c1-3-18(4-2)7-5-6-17-10-12-8-13(16)15-14(9-12)19-11-20-15/h8-9,17H,3-7,10-11H2,1-2H3. The lowest BCUT2D eigenvalue weighted by Crippen LogP contribution is -2.27. The SMILES string of the molecule is CCN(CC)CCCNCc1cc(Cl)c2c(c1)OCO2. The van der Waals surface area contributed by atoms with E-state index in [9.17, 15) is 0 Å². The minimum atomic E-state index is 0.260. The molecule has 0 aliphatic carbocycles. The van der Waals surface area contributed by atoms with Crippen molar-refractivity contribution in [3.05, 3.63) is 22.7 Å². The average Bonchev–Trinajstić information content (AvgIpc) is 2.92. The lowest BCUT2D eigenvalue weighted by molar-refractivity contribution is 0.174. The van der Waals surface area contributed by atoms with Crippen molar-refractivity contribution in [2.75, 3.05) is 33.0 Å². The van der Waals surface area contributed by atoms with Crippen molar-refractivity contribution in [3.8, 4) is 11.5 Å². The van der Waals surface area contributed by atoms with Crippen LogP contribution in [0, 0.1) is 0 Å². The van der Waals surface area contributed by atoms with Gasteiger partial charge in [0.1, 0.15) is 0 Å². The molecule has 0 aromatic heterocycles. The number of hydrogen-bond donors (Lipinski definition) is 1. The van der Waals surface area contributed by atoms with Gasteiger partial charge < -0.3 is 19.7 Å². The fraction of sp³-hybridized carbons (Fsp3) is 0.600. The van der Waals surface area contributed by atoms with Crippen LogP contribution in [0.5, 0.6) is 11.5 Å². The fourth-order valence-corrected chi connectivity index (χ4v) is 2.61. The summed E-state index contributed by atoms with van der Waals surface area (Å²) in [5.74, 6) is 1.41. The highest BCUT2D eigenvalue weighted by molar-refractivity contribution is 6.32. The third kappa shape index (κ3) is 4.01. The Kier molecular flexibility index (Phi) is 5.95. The average molecular weight is 299 g/mol. The Bertz CT molecular complexity index is 436. The summed E-state index contributed by atoms with van der Waals surface area (Å²) in [6, 6.07) is 3.93. The van der Waals surface area contributed by atoms with Crippen molar-refractivity contribution < 1.29 is 9.47 Å². The summed E-state index contributed by atoms with van der Waals surface area (Å²) in [4.78, 5) is 2.43. The smallest absolute Gasteiger partial charge is 0.231 e. The molecule has 0 bridgehead atoms. The van der Waals surface area contributed by atoms with Gasteiger partial charge in [0.2, 0.25) is 6.79 Å². The topological polar surface area (TPSA) is 33.7 Å². The summed E-state index contributed by atoms with van der Waals surface area (Å²) in [5.41, 5.74) is 1.13. The van der Waals surface area contributed by atoms with Crippen LogP contribution in [-0.4, -0.2) is 37.9 Å². The van der Waals surface area contributed by atoms with Gasteiger partial charge in [-0.3, -0.25) is 0 Å². The molecule has 1 aliphatic heterocycles. The number of fused-ring (bicyclic) bond motifs is 1. The number of hydrogen-bond acceptors (Lipinski definition) is 4. The van der Waals surface area contributed by atoms with Crippen LogP contribution < -0.4 is 14.8 Å². The quantitative estimate of drug-likeness (QED) is 0.748. The number of nitrogens with zero attached hydrogens (tertiary/aromatic N) is 1. The van der Waals surface area contributed by atoms with Crippen LogP contribution in [0.4, 0.5) is 0 Å². The summed E-state index contributed by atoms with van der Waals surface area (Å²) in [6.45, 7) is 9.84. The van der Waals surface area contributed by atoms with Gasteiger partial charge in [-0.25, -0.2) is 0 Å². The van der Waals surface area contributed by atoms with Crippen molar-refractivity contribution >= 4 is 11.6 Å². The zero-order valence-electron chi connectivity index (χ0n) is 12.2. The molecule has 0 saturated carbocycles. The van der Waals surface area contributed by atoms with Crippen molar-refractivity contribution in [2.45, 2.75) is 26.8 Å². The molecule has 20 heavy (non-hydrogen) atoms. The Balaban J connectivity index is 1.73. The van der Waals surface area contributed by atoms with Gasteiger partial charge in [0.25, 0.3) is 0 Å². The highest BCUT2D eigenvalue weighted by Crippen LogP contribution is 2.39. The molecule has 0 fully saturated rings. The first-order chi connectivity index (χ1) is 9.74. The van der Waals surface area contributed by atoms with Crippen LogP contribution in [0.3, 0.4) is 0 Å². The first kappa shape index (κ1) is 15.4. The number of halogens is 1. The van der Waals surface area contributed by atoms with Gasteiger partial charge in [-0.05, 0) is 50.3 Å². The van der Waals surface area contributed by atoms with Gasteiger partial charge in [0.05, 0.1) is 5.02 Å². The summed E-state index contributed by atoms with van der Waals surface area (Å²) in [7, 11) is 0. The molecule has 1 aromatic rings. The van der Waals surface area contributed by atoms with E-state index in [0.717, 1.165) is 50.5 Å². The molecule has 0 atom stereocenters. The summed E-state index contributed by atoms with van der Waals surface area (Å²) >= 11 is 6.15. The van der Waals surface area contributed by atoms with E-state index in [1.165, 1.54) is 0 Å². The molecule has 4 nitrogen and oxygen atoms in total. The Morgan fingerprint density at radius 3 is 2.80 bits per heavy atom. The molecule has 2 rings (SSSR count). The van der Waals surface area contributed by atoms with Crippen LogP contribution in [0.2, 0.25) is 5.02 Å². The van der Waals surface area contributed by atoms with E-state index in [-0.39, 0.29) is 6.79 Å². The number of rotatable bonds is 8. The summed E-state index contributed by atoms with van der Waals surface area (Å²) in [6.07, 6.45) is 1.15. The Morgan fingerprint density at radius 1 is 1.25 bits per heavy atom. The highest BCUT2D eigenvalue weighted by Gasteiger charge is 2.17. The predicted octanol–water partition coefficient (Wildman–Crippen LogP) is 2.89. The molecule has 0 amide bonds. The van der Waals surface area contributed by atoms with Crippen LogP contribution >= 0.6 is 11.6 Å². The van der Waals surface area contributed by atoms with Gasteiger partial charge in [0, 0.05) is 6.54 Å². The third-order valence-electron chi connectivity index (χ3n) is 3.54. The second-order valence-electron chi connectivity index (χ2n) is 4.87. The van der Waals surface area contributed by atoms with Crippen LogP contribution in [0.25, 0.3) is 0 Å². The fourth-order valence-electron chi connectivity index (χ4n) is 2.32. The third-order valence-corrected chi connectivity index (χ3v) is 3.82. The number of benzene rings is 1. The maximum Gasteiger partial charge on any atom is 0.231 e. The van der Waals surface area contributed by atoms with E-state index in [2.05, 4.69) is 24.1 Å². The van der Waals surface area contributed by atoms with Gasteiger partial charge in [0.15, 0.2) is 11.5 Å². The number of ether oxygens (including phenoxy) is 2. The van der Waals surface area contributed by atoms with Gasteiger partial charge in [-0.1, -0.05) is 25.4 Å². The molecule has 1 heterocycles. The van der Waals surface area contributed by atoms with Crippen molar-refractivity contribution in [1.82, 2.24) is 10.2 Å². The second kappa shape index (κ2) is 7.72. The van der Waals surface area contributed by atoms with E-state index in [1.807, 2.05) is 12.1 Å². The summed E-state index contributed by atoms with van der Waals surface area (Å²) in [5, 5.41) is 4.07. The highest BCUT2D eigenvalue weighted by atomic mass is 35.5. The molecule has 1 aromatic carbocycles. The first-order valence-corrected chi connectivity index (χ1v) is 7.63. The van der Waals surface area contributed by atoms with Crippen molar-refractivity contribution in [1.29, 1.82) is 0 Å². The molecule has 0 unspecified atom stereocenters. The minimum absolute atomic E-state index is 0.260. The van der Waals surface area contributed by atoms with Crippen molar-refractivity contribution in [2.24, 2.45) is 0 Å². The van der Waals surface area contributed by atoms with Crippen LogP contribution in [-0.2, 0) is 6.54 Å². The molecular weight excluding hydrogens is 276 g/mol. The molecule has 0 spiro atoms. The maximum atomic E-state index is 6.15. The van der Waals surface area contributed by atoms with E-state index < -0.39 is 0 Å². The Morgan fingerprint density at radius 2 is 2.05 bits per heavy atom. The van der Waals surface area contributed by atoms with E-state index in [4.69, 9.17) is 21.1 Å². The zero-order chi connectivity index (χ0) is 14.4. The second-order valence-corrected chi connectivity index (χ2v) is 5.28. The lowest BCUT2D eigenvalue weighted by atomic mass is 10.2. The van der Waals surface area contributed by atoms with E-state index >= 15 is 0 Å². The minimum Gasteiger partial charge on any atom is -0.454 e. The molecule has 1 aliphatic rings. The predicted molar refractivity (Wildman–Crippen MR) is 81.7 cm³/mol. The first-order valence-electron chi connectivity index (χ1n) is 7.25. The molecule has 112 valence electrons. The van der Waals surface area contributed by atoms with Gasteiger partial charge in [-0.2, -0.15) is 0 Å². The zero-order valence-corrected chi connectivity index (χ0v) is 13.0. The largest absolute Gasteiger partial charge is 0.454 e. The van der Waals surface area contributed by atoms with Gasteiger partial charge >= 0.3 is 0 Å². The number of nitrogens with one attached hydrogen (secondary N) is 1. The Hall–Kier alpha value is -0.970. The van der Waals surface area contributed by atoms with Crippen LogP contribution in [0.15, 0.2) is 12.1 Å². The van der Waals surface area contributed by atoms with Crippen molar-refractivity contribution in [3.63, 3.8) is 0 Å². The molecular formula is C15H23ClN2O2. The summed E-state index contributed by atoms with van der Waals surface area (Å²) < 4.78 is 10.7. The monoisotopic (exact) mass is 298 g/mol. The normalized spacial score (nSPS) is 13.2.